The minimum Gasteiger partial charge on any atom is -0.0773 e. The van der Waals surface area contributed by atoms with Crippen molar-refractivity contribution in [2.45, 2.75) is 34.5 Å². The summed E-state index contributed by atoms with van der Waals surface area (Å²) in [4.78, 5) is 0. The average Bonchev–Trinajstić information content (AvgIpc) is 2.74. The van der Waals surface area contributed by atoms with Crippen LogP contribution in [0.5, 0.6) is 0 Å². The van der Waals surface area contributed by atoms with E-state index in [1.165, 1.54) is 55.4 Å². The topological polar surface area (TPSA) is 0 Å². The molecule has 0 aliphatic carbocycles. The first-order valence-corrected chi connectivity index (χ1v) is 10.8. The molecule has 0 fully saturated rings. The monoisotopic (exact) mass is 388 g/mol. The molecule has 30 heavy (non-hydrogen) atoms. The zero-order valence-electron chi connectivity index (χ0n) is 18.7. The molecule has 0 unspecified atom stereocenters. The van der Waals surface area contributed by atoms with Crippen molar-refractivity contribution >= 4 is 17.6 Å². The van der Waals surface area contributed by atoms with Crippen LogP contribution in [0.2, 0.25) is 6.82 Å². The van der Waals surface area contributed by atoms with Crippen LogP contribution in [0.3, 0.4) is 0 Å². The summed E-state index contributed by atoms with van der Waals surface area (Å²) in [7, 11) is 0. The predicted molar refractivity (Wildman–Crippen MR) is 134 cm³/mol. The molecule has 0 amide bonds. The molecule has 0 aliphatic rings. The van der Waals surface area contributed by atoms with Gasteiger partial charge in [-0.15, -0.1) is 0 Å². The summed E-state index contributed by atoms with van der Waals surface area (Å²) in [6.45, 7) is 11.6. The van der Waals surface area contributed by atoms with Crippen LogP contribution < -0.4 is 10.9 Å². The molecule has 0 saturated carbocycles. The smallest absolute Gasteiger partial charge is 0.0773 e. The maximum Gasteiger partial charge on any atom is 0.208 e. The van der Waals surface area contributed by atoms with E-state index in [2.05, 4.69) is 119 Å². The molecule has 4 rings (SSSR count). The van der Waals surface area contributed by atoms with Gasteiger partial charge in [0.05, 0.1) is 0 Å². The Kier molecular flexibility index (Phi) is 5.64. The molecule has 4 aromatic carbocycles. The lowest BCUT2D eigenvalue weighted by atomic mass is 9.39. The van der Waals surface area contributed by atoms with Gasteiger partial charge in [-0.2, -0.15) is 0 Å². The summed E-state index contributed by atoms with van der Waals surface area (Å²) < 4.78 is 0. The fourth-order valence-corrected chi connectivity index (χ4v) is 4.88. The van der Waals surface area contributed by atoms with E-state index in [0.717, 1.165) is 0 Å². The molecule has 0 heterocycles. The predicted octanol–water partition coefficient (Wildman–Crippen LogP) is 6.49. The van der Waals surface area contributed by atoms with E-state index < -0.39 is 0 Å². The van der Waals surface area contributed by atoms with E-state index in [0.29, 0.717) is 0 Å². The molecule has 0 N–H and O–H groups in total. The molecule has 0 nitrogen and oxygen atoms in total. The maximum atomic E-state index is 2.37. The molecule has 0 bridgehead atoms. The Morgan fingerprint density at radius 2 is 0.733 bits per heavy atom. The van der Waals surface area contributed by atoms with Crippen LogP contribution >= 0.6 is 0 Å². The molecule has 0 saturated heterocycles. The second kappa shape index (κ2) is 8.36. The minimum absolute atomic E-state index is 0.289. The molecule has 0 atom stereocenters. The van der Waals surface area contributed by atoms with Crippen LogP contribution in [-0.2, 0) is 0 Å². The van der Waals surface area contributed by atoms with E-state index in [1.54, 1.807) is 0 Å². The van der Waals surface area contributed by atoms with Gasteiger partial charge in [0.2, 0.25) is 6.71 Å². The molecule has 0 spiro atoms. The van der Waals surface area contributed by atoms with Gasteiger partial charge in [-0.1, -0.05) is 114 Å². The lowest BCUT2D eigenvalue weighted by molar-refractivity contribution is 1.43. The lowest BCUT2D eigenvalue weighted by Gasteiger charge is -2.23. The zero-order valence-corrected chi connectivity index (χ0v) is 18.7. The summed E-state index contributed by atoms with van der Waals surface area (Å²) in [6.07, 6.45) is 0. The SMILES string of the molecule is CB(c1c(C)cccc1-c1ccccc1C)c1c(C)cccc1-c1ccccc1C. The van der Waals surface area contributed by atoms with Crippen molar-refractivity contribution < 1.29 is 0 Å². The molecule has 0 aromatic heterocycles. The molecule has 1 heteroatoms. The van der Waals surface area contributed by atoms with Crippen molar-refractivity contribution in [1.82, 2.24) is 0 Å². The fraction of sp³-hybridized carbons (Fsp3) is 0.172. The van der Waals surface area contributed by atoms with Gasteiger partial charge in [0.25, 0.3) is 0 Å². The number of aryl methyl sites for hydroxylation is 4. The molecular weight excluding hydrogens is 359 g/mol. The second-order valence-electron chi connectivity index (χ2n) is 8.42. The van der Waals surface area contributed by atoms with Crippen molar-refractivity contribution in [2.24, 2.45) is 0 Å². The largest absolute Gasteiger partial charge is 0.208 e. The zero-order chi connectivity index (χ0) is 21.3. The number of benzene rings is 4. The van der Waals surface area contributed by atoms with Crippen molar-refractivity contribution in [2.75, 3.05) is 0 Å². The third-order valence-corrected chi connectivity index (χ3v) is 6.38. The standard InChI is InChI=1S/C29H29B/c1-20-12-6-8-16-24(20)26-18-10-14-22(3)28(26)30(5)29-23(4)15-11-19-27(29)25-17-9-7-13-21(25)2/h6-19H,1-5H3. The third-order valence-electron chi connectivity index (χ3n) is 6.38. The summed E-state index contributed by atoms with van der Waals surface area (Å²) in [6, 6.07) is 30.9. The highest BCUT2D eigenvalue weighted by molar-refractivity contribution is 6.86. The number of hydrogen-bond acceptors (Lipinski definition) is 0. The minimum atomic E-state index is 0.289. The summed E-state index contributed by atoms with van der Waals surface area (Å²) in [5.74, 6) is 0. The van der Waals surface area contributed by atoms with Crippen molar-refractivity contribution in [3.63, 3.8) is 0 Å². The van der Waals surface area contributed by atoms with Gasteiger partial charge in [0, 0.05) is 0 Å². The van der Waals surface area contributed by atoms with Gasteiger partial charge in [-0.3, -0.25) is 0 Å². The summed E-state index contributed by atoms with van der Waals surface area (Å²) in [5, 5.41) is 0. The number of rotatable bonds is 4. The van der Waals surface area contributed by atoms with Gasteiger partial charge in [-0.05, 0) is 61.1 Å². The third kappa shape index (κ3) is 3.61. The molecule has 148 valence electrons. The quantitative estimate of drug-likeness (QED) is 0.351. The van der Waals surface area contributed by atoms with Gasteiger partial charge in [-0.25, -0.2) is 0 Å². The van der Waals surface area contributed by atoms with E-state index >= 15 is 0 Å². The Hall–Kier alpha value is -3.06. The van der Waals surface area contributed by atoms with Crippen LogP contribution in [0.25, 0.3) is 22.3 Å². The highest BCUT2D eigenvalue weighted by Gasteiger charge is 2.24. The Labute approximate surface area is 181 Å². The van der Waals surface area contributed by atoms with Gasteiger partial charge in [0.1, 0.15) is 0 Å². The first-order chi connectivity index (χ1) is 14.5. The first-order valence-electron chi connectivity index (χ1n) is 10.8. The van der Waals surface area contributed by atoms with Crippen LogP contribution in [0, 0.1) is 27.7 Å². The molecule has 0 aliphatic heterocycles. The van der Waals surface area contributed by atoms with Gasteiger partial charge >= 0.3 is 0 Å². The summed E-state index contributed by atoms with van der Waals surface area (Å²) >= 11 is 0. The van der Waals surface area contributed by atoms with Crippen molar-refractivity contribution in [3.05, 3.63) is 107 Å². The lowest BCUT2D eigenvalue weighted by Crippen LogP contribution is -2.44. The van der Waals surface area contributed by atoms with E-state index in [9.17, 15) is 0 Å². The Bertz CT molecular complexity index is 1110. The first kappa shape index (κ1) is 20.2. The van der Waals surface area contributed by atoms with Crippen molar-refractivity contribution in [3.8, 4) is 22.3 Å². The maximum absolute atomic E-state index is 2.37. The normalized spacial score (nSPS) is 10.8. The Morgan fingerprint density at radius 3 is 1.13 bits per heavy atom. The van der Waals surface area contributed by atoms with Crippen LogP contribution in [0.1, 0.15) is 22.3 Å². The average molecular weight is 388 g/mol. The molecule has 0 radical (unpaired) electrons. The van der Waals surface area contributed by atoms with Crippen molar-refractivity contribution in [1.29, 1.82) is 0 Å². The van der Waals surface area contributed by atoms with Crippen LogP contribution in [0.4, 0.5) is 0 Å². The Balaban J connectivity index is 1.96. The van der Waals surface area contributed by atoms with Gasteiger partial charge in [0.15, 0.2) is 0 Å². The van der Waals surface area contributed by atoms with E-state index in [1.807, 2.05) is 0 Å². The highest BCUT2D eigenvalue weighted by atomic mass is 14.1. The molecular formula is C29H29B. The van der Waals surface area contributed by atoms with Crippen LogP contribution in [0.15, 0.2) is 84.9 Å². The second-order valence-corrected chi connectivity index (χ2v) is 8.42. The Morgan fingerprint density at radius 1 is 0.400 bits per heavy atom. The van der Waals surface area contributed by atoms with E-state index in [4.69, 9.17) is 0 Å². The molecule has 4 aromatic rings. The van der Waals surface area contributed by atoms with Gasteiger partial charge < -0.3 is 0 Å². The van der Waals surface area contributed by atoms with E-state index in [-0.39, 0.29) is 6.71 Å². The highest BCUT2D eigenvalue weighted by Crippen LogP contribution is 2.26. The summed E-state index contributed by atoms with van der Waals surface area (Å²) in [5.41, 5.74) is 13.5. The fourth-order valence-electron chi connectivity index (χ4n) is 4.88. The van der Waals surface area contributed by atoms with Crippen LogP contribution in [-0.4, -0.2) is 6.71 Å². The number of hydrogen-bond donors (Lipinski definition) is 0.